The maximum atomic E-state index is 3.62. The van der Waals surface area contributed by atoms with Crippen LogP contribution in [0.3, 0.4) is 0 Å². The predicted molar refractivity (Wildman–Crippen MR) is 76.9 cm³/mol. The summed E-state index contributed by atoms with van der Waals surface area (Å²) in [4.78, 5) is 1.66. The highest BCUT2D eigenvalue weighted by molar-refractivity contribution is 7.10. The van der Waals surface area contributed by atoms with E-state index in [4.69, 9.17) is 0 Å². The zero-order chi connectivity index (χ0) is 12.1. The highest BCUT2D eigenvalue weighted by Gasteiger charge is 2.27. The minimum Gasteiger partial charge on any atom is -0.316 e. The van der Waals surface area contributed by atoms with Crippen LogP contribution < -0.4 is 5.32 Å². The van der Waals surface area contributed by atoms with E-state index in [-0.39, 0.29) is 0 Å². The molecule has 0 saturated heterocycles. The zero-order valence-electron chi connectivity index (χ0n) is 11.2. The van der Waals surface area contributed by atoms with Gasteiger partial charge < -0.3 is 5.32 Å². The normalized spacial score (nSPS) is 25.1. The molecule has 1 N–H and O–H groups in total. The van der Waals surface area contributed by atoms with Crippen LogP contribution in [0.25, 0.3) is 0 Å². The number of rotatable bonds is 5. The fourth-order valence-electron chi connectivity index (χ4n) is 3.03. The van der Waals surface area contributed by atoms with E-state index in [1.165, 1.54) is 50.8 Å². The lowest BCUT2D eigenvalue weighted by Gasteiger charge is -2.31. The summed E-state index contributed by atoms with van der Waals surface area (Å²) < 4.78 is 0. The Morgan fingerprint density at radius 3 is 2.88 bits per heavy atom. The second-order valence-corrected chi connectivity index (χ2v) is 6.27. The second-order valence-electron chi connectivity index (χ2n) is 5.32. The van der Waals surface area contributed by atoms with E-state index in [0.717, 1.165) is 11.8 Å². The summed E-state index contributed by atoms with van der Waals surface area (Å²) in [7, 11) is 0. The van der Waals surface area contributed by atoms with Crippen molar-refractivity contribution in [2.75, 3.05) is 13.1 Å². The molecule has 1 aliphatic rings. The van der Waals surface area contributed by atoms with Gasteiger partial charge in [-0.3, -0.25) is 0 Å². The van der Waals surface area contributed by atoms with Crippen molar-refractivity contribution >= 4 is 11.3 Å². The maximum absolute atomic E-state index is 3.62. The van der Waals surface area contributed by atoms with Crippen molar-refractivity contribution in [1.82, 2.24) is 5.32 Å². The lowest BCUT2D eigenvalue weighted by molar-refractivity contribution is 0.298. The minimum atomic E-state index is 0.827. The number of nitrogens with one attached hydrogen (secondary N) is 1. The number of hydrogen-bond donors (Lipinski definition) is 1. The number of hydrogen-bond acceptors (Lipinski definition) is 2. The van der Waals surface area contributed by atoms with Crippen LogP contribution in [-0.4, -0.2) is 13.1 Å². The van der Waals surface area contributed by atoms with Crippen LogP contribution in [0, 0.1) is 12.8 Å². The Morgan fingerprint density at radius 1 is 1.35 bits per heavy atom. The van der Waals surface area contributed by atoms with Gasteiger partial charge in [-0.25, -0.2) is 0 Å². The summed E-state index contributed by atoms with van der Waals surface area (Å²) in [6.07, 6.45) is 6.92. The molecule has 1 heterocycles. The predicted octanol–water partition coefficient (Wildman–Crippen LogP) is 4.33. The smallest absolute Gasteiger partial charge is 0.0109 e. The van der Waals surface area contributed by atoms with Gasteiger partial charge >= 0.3 is 0 Å². The molecular formula is C15H25NS. The number of aryl methyl sites for hydroxylation is 1. The molecule has 17 heavy (non-hydrogen) atoms. The van der Waals surface area contributed by atoms with Gasteiger partial charge in [0.25, 0.3) is 0 Å². The van der Waals surface area contributed by atoms with Gasteiger partial charge in [-0.2, -0.15) is 0 Å². The molecule has 0 aromatic carbocycles. The average Bonchev–Trinajstić information content (AvgIpc) is 2.76. The van der Waals surface area contributed by atoms with E-state index in [2.05, 4.69) is 30.6 Å². The van der Waals surface area contributed by atoms with Crippen molar-refractivity contribution in [2.45, 2.75) is 51.9 Å². The van der Waals surface area contributed by atoms with Crippen LogP contribution in [0.15, 0.2) is 11.4 Å². The molecule has 0 aliphatic heterocycles. The molecule has 0 radical (unpaired) electrons. The van der Waals surface area contributed by atoms with Crippen LogP contribution in [-0.2, 0) is 0 Å². The SMILES string of the molecule is CCCNCC1CCCCC1c1sccc1C. The van der Waals surface area contributed by atoms with Crippen LogP contribution in [0.5, 0.6) is 0 Å². The highest BCUT2D eigenvalue weighted by atomic mass is 32.1. The Hall–Kier alpha value is -0.340. The molecular weight excluding hydrogens is 226 g/mol. The molecule has 1 fully saturated rings. The van der Waals surface area contributed by atoms with Crippen LogP contribution in [0.1, 0.15) is 55.4 Å². The van der Waals surface area contributed by atoms with Crippen molar-refractivity contribution < 1.29 is 0 Å². The van der Waals surface area contributed by atoms with Crippen molar-refractivity contribution in [2.24, 2.45) is 5.92 Å². The maximum Gasteiger partial charge on any atom is 0.0109 e. The second kappa shape index (κ2) is 6.55. The van der Waals surface area contributed by atoms with Gasteiger partial charge in [0, 0.05) is 4.88 Å². The third-order valence-corrected chi connectivity index (χ3v) is 5.13. The van der Waals surface area contributed by atoms with Gasteiger partial charge in [0.15, 0.2) is 0 Å². The lowest BCUT2D eigenvalue weighted by atomic mass is 9.77. The molecule has 1 saturated carbocycles. The first-order valence-electron chi connectivity index (χ1n) is 7.07. The zero-order valence-corrected chi connectivity index (χ0v) is 12.0. The first-order valence-corrected chi connectivity index (χ1v) is 7.95. The molecule has 2 atom stereocenters. The highest BCUT2D eigenvalue weighted by Crippen LogP contribution is 2.40. The molecule has 2 rings (SSSR count). The largest absolute Gasteiger partial charge is 0.316 e. The molecule has 0 amide bonds. The molecule has 1 aromatic heterocycles. The Kier molecular flexibility index (Phi) is 5.05. The van der Waals surface area contributed by atoms with E-state index in [9.17, 15) is 0 Å². The Balaban J connectivity index is 1.99. The Labute approximate surface area is 110 Å². The number of thiophene rings is 1. The molecule has 1 aliphatic carbocycles. The Morgan fingerprint density at radius 2 is 2.18 bits per heavy atom. The monoisotopic (exact) mass is 251 g/mol. The standard InChI is InChI=1S/C15H25NS/c1-3-9-16-11-13-6-4-5-7-14(13)15-12(2)8-10-17-15/h8,10,13-14,16H,3-7,9,11H2,1-2H3. The van der Waals surface area contributed by atoms with E-state index >= 15 is 0 Å². The van der Waals surface area contributed by atoms with E-state index in [1.807, 2.05) is 11.3 Å². The minimum absolute atomic E-state index is 0.827. The summed E-state index contributed by atoms with van der Waals surface area (Å²) >= 11 is 1.97. The Bertz CT molecular complexity index is 331. The molecule has 2 heteroatoms. The summed E-state index contributed by atoms with van der Waals surface area (Å²) in [6, 6.07) is 2.28. The summed E-state index contributed by atoms with van der Waals surface area (Å²) in [6.45, 7) is 6.91. The summed E-state index contributed by atoms with van der Waals surface area (Å²) in [5.74, 6) is 1.70. The molecule has 96 valence electrons. The third kappa shape index (κ3) is 3.32. The quantitative estimate of drug-likeness (QED) is 0.768. The van der Waals surface area contributed by atoms with Gasteiger partial charge in [-0.1, -0.05) is 19.8 Å². The van der Waals surface area contributed by atoms with Crippen LogP contribution in [0.2, 0.25) is 0 Å². The fraction of sp³-hybridized carbons (Fsp3) is 0.733. The van der Waals surface area contributed by atoms with Crippen molar-refractivity contribution in [3.05, 3.63) is 21.9 Å². The average molecular weight is 251 g/mol. The van der Waals surface area contributed by atoms with Crippen molar-refractivity contribution in [1.29, 1.82) is 0 Å². The fourth-order valence-corrected chi connectivity index (χ4v) is 4.18. The molecule has 0 bridgehead atoms. The summed E-state index contributed by atoms with van der Waals surface area (Å²) in [5, 5.41) is 5.88. The molecule has 1 nitrogen and oxygen atoms in total. The van der Waals surface area contributed by atoms with Crippen LogP contribution in [0.4, 0.5) is 0 Å². The van der Waals surface area contributed by atoms with Crippen LogP contribution >= 0.6 is 11.3 Å². The van der Waals surface area contributed by atoms with Crippen molar-refractivity contribution in [3.63, 3.8) is 0 Å². The molecule has 1 aromatic rings. The van der Waals surface area contributed by atoms with E-state index < -0.39 is 0 Å². The van der Waals surface area contributed by atoms with Crippen molar-refractivity contribution in [3.8, 4) is 0 Å². The van der Waals surface area contributed by atoms with E-state index in [0.29, 0.717) is 0 Å². The van der Waals surface area contributed by atoms with Gasteiger partial charge in [-0.15, -0.1) is 11.3 Å². The molecule has 2 unspecified atom stereocenters. The first-order chi connectivity index (χ1) is 8.33. The first kappa shape index (κ1) is 13.1. The lowest BCUT2D eigenvalue weighted by Crippen LogP contribution is -2.29. The van der Waals surface area contributed by atoms with Gasteiger partial charge in [0.1, 0.15) is 0 Å². The van der Waals surface area contributed by atoms with Gasteiger partial charge in [0.2, 0.25) is 0 Å². The summed E-state index contributed by atoms with van der Waals surface area (Å²) in [5.41, 5.74) is 1.52. The van der Waals surface area contributed by atoms with E-state index in [1.54, 1.807) is 4.88 Å². The third-order valence-electron chi connectivity index (χ3n) is 3.98. The molecule has 0 spiro atoms. The van der Waals surface area contributed by atoms with Gasteiger partial charge in [-0.05, 0) is 68.1 Å². The van der Waals surface area contributed by atoms with Gasteiger partial charge in [0.05, 0.1) is 0 Å². The topological polar surface area (TPSA) is 12.0 Å².